The molecule has 0 aromatic heterocycles. The molecule has 0 heterocycles. The second kappa shape index (κ2) is 4.21. The summed E-state index contributed by atoms with van der Waals surface area (Å²) < 4.78 is 0. The maximum absolute atomic E-state index is 3.37. The molecule has 2 rings (SSSR count). The number of likely N-dealkylation sites (N-methyl/N-ethyl adjacent to an activating group) is 1. The fraction of sp³-hybridized carbons (Fsp3) is 0.600. The van der Waals surface area contributed by atoms with Gasteiger partial charge in [-0.2, -0.15) is 0 Å². The third-order valence-electron chi connectivity index (χ3n) is 4.24. The fourth-order valence-electron chi connectivity index (χ4n) is 3.02. The lowest BCUT2D eigenvalue weighted by Gasteiger charge is -2.43. The van der Waals surface area contributed by atoms with Crippen LogP contribution in [-0.4, -0.2) is 13.6 Å². The van der Waals surface area contributed by atoms with Gasteiger partial charge in [-0.15, -0.1) is 0 Å². The first kappa shape index (κ1) is 11.7. The van der Waals surface area contributed by atoms with Crippen molar-refractivity contribution in [3.05, 3.63) is 34.4 Å². The first-order valence-electron chi connectivity index (χ1n) is 6.32. The molecular formula is C15H23N. The Morgan fingerprint density at radius 3 is 2.19 bits per heavy atom. The summed E-state index contributed by atoms with van der Waals surface area (Å²) in [4.78, 5) is 0. The molecule has 0 radical (unpaired) electrons. The van der Waals surface area contributed by atoms with Gasteiger partial charge in [-0.1, -0.05) is 18.6 Å². The van der Waals surface area contributed by atoms with Crippen molar-refractivity contribution in [2.24, 2.45) is 0 Å². The van der Waals surface area contributed by atoms with Crippen molar-refractivity contribution >= 4 is 0 Å². The molecule has 1 aromatic carbocycles. The van der Waals surface area contributed by atoms with E-state index in [9.17, 15) is 0 Å². The minimum absolute atomic E-state index is 0.428. The zero-order chi connectivity index (χ0) is 11.8. The minimum Gasteiger partial charge on any atom is -0.319 e. The SMILES string of the molecule is CNCC1(c2cc(C)c(C)cc2C)CCC1. The molecule has 0 atom stereocenters. The number of rotatable bonds is 3. The number of nitrogens with one attached hydrogen (secondary N) is 1. The lowest BCUT2D eigenvalue weighted by Crippen LogP contribution is -2.43. The van der Waals surface area contributed by atoms with E-state index in [-0.39, 0.29) is 0 Å². The highest BCUT2D eigenvalue weighted by molar-refractivity contribution is 5.42. The molecule has 1 N–H and O–H groups in total. The Kier molecular flexibility index (Phi) is 3.07. The molecule has 0 amide bonds. The van der Waals surface area contributed by atoms with E-state index in [4.69, 9.17) is 0 Å². The highest BCUT2D eigenvalue weighted by atomic mass is 14.8. The third kappa shape index (κ3) is 1.78. The van der Waals surface area contributed by atoms with Gasteiger partial charge in [0.05, 0.1) is 0 Å². The van der Waals surface area contributed by atoms with Crippen molar-refractivity contribution in [3.8, 4) is 0 Å². The molecule has 0 spiro atoms. The van der Waals surface area contributed by atoms with Gasteiger partial charge < -0.3 is 5.32 Å². The van der Waals surface area contributed by atoms with E-state index >= 15 is 0 Å². The molecule has 16 heavy (non-hydrogen) atoms. The highest BCUT2D eigenvalue weighted by Crippen LogP contribution is 2.44. The molecule has 1 fully saturated rings. The Hall–Kier alpha value is -0.820. The zero-order valence-corrected chi connectivity index (χ0v) is 11.0. The predicted octanol–water partition coefficient (Wildman–Crippen LogP) is 3.25. The minimum atomic E-state index is 0.428. The predicted molar refractivity (Wildman–Crippen MR) is 70.1 cm³/mol. The second-order valence-corrected chi connectivity index (χ2v) is 5.42. The summed E-state index contributed by atoms with van der Waals surface area (Å²) in [6.07, 6.45) is 4.07. The molecule has 1 saturated carbocycles. The van der Waals surface area contributed by atoms with Crippen molar-refractivity contribution in [1.82, 2.24) is 5.32 Å². The van der Waals surface area contributed by atoms with Crippen LogP contribution in [0.4, 0.5) is 0 Å². The summed E-state index contributed by atoms with van der Waals surface area (Å²) in [7, 11) is 2.07. The molecule has 1 aromatic rings. The Balaban J connectivity index is 2.42. The summed E-state index contributed by atoms with van der Waals surface area (Å²) in [6.45, 7) is 7.81. The van der Waals surface area contributed by atoms with E-state index in [2.05, 4.69) is 45.3 Å². The quantitative estimate of drug-likeness (QED) is 0.819. The maximum Gasteiger partial charge on any atom is 0.00804 e. The Labute approximate surface area is 99.3 Å². The van der Waals surface area contributed by atoms with Gasteiger partial charge in [0, 0.05) is 12.0 Å². The highest BCUT2D eigenvalue weighted by Gasteiger charge is 2.38. The van der Waals surface area contributed by atoms with Gasteiger partial charge in [0.1, 0.15) is 0 Å². The van der Waals surface area contributed by atoms with Crippen LogP contribution >= 0.6 is 0 Å². The zero-order valence-electron chi connectivity index (χ0n) is 11.0. The first-order valence-corrected chi connectivity index (χ1v) is 6.32. The van der Waals surface area contributed by atoms with Crippen LogP contribution in [0.25, 0.3) is 0 Å². The molecule has 0 saturated heterocycles. The van der Waals surface area contributed by atoms with Gasteiger partial charge in [0.2, 0.25) is 0 Å². The monoisotopic (exact) mass is 217 g/mol. The van der Waals surface area contributed by atoms with Crippen LogP contribution < -0.4 is 5.32 Å². The lowest BCUT2D eigenvalue weighted by molar-refractivity contribution is 0.238. The van der Waals surface area contributed by atoms with Crippen LogP contribution in [-0.2, 0) is 5.41 Å². The molecule has 0 aliphatic heterocycles. The topological polar surface area (TPSA) is 12.0 Å². The number of aryl methyl sites for hydroxylation is 3. The Bertz CT molecular complexity index is 389. The van der Waals surface area contributed by atoms with Gasteiger partial charge in [-0.3, -0.25) is 0 Å². The van der Waals surface area contributed by atoms with Gasteiger partial charge in [0.15, 0.2) is 0 Å². The van der Waals surface area contributed by atoms with E-state index < -0.39 is 0 Å². The van der Waals surface area contributed by atoms with Gasteiger partial charge in [-0.25, -0.2) is 0 Å². The number of benzene rings is 1. The smallest absolute Gasteiger partial charge is 0.00804 e. The van der Waals surface area contributed by atoms with Crippen LogP contribution in [0, 0.1) is 20.8 Å². The van der Waals surface area contributed by atoms with E-state index in [1.807, 2.05) is 0 Å². The number of hydrogen-bond acceptors (Lipinski definition) is 1. The van der Waals surface area contributed by atoms with Crippen molar-refractivity contribution in [2.45, 2.75) is 45.4 Å². The summed E-state index contributed by atoms with van der Waals surface area (Å²) in [6, 6.07) is 4.77. The van der Waals surface area contributed by atoms with Crippen molar-refractivity contribution in [2.75, 3.05) is 13.6 Å². The molecule has 1 aliphatic rings. The summed E-state index contributed by atoms with van der Waals surface area (Å²) in [5, 5.41) is 3.37. The van der Waals surface area contributed by atoms with E-state index in [0.29, 0.717) is 5.41 Å². The maximum atomic E-state index is 3.37. The van der Waals surface area contributed by atoms with Gasteiger partial charge in [-0.05, 0) is 62.9 Å². The van der Waals surface area contributed by atoms with Crippen molar-refractivity contribution in [3.63, 3.8) is 0 Å². The van der Waals surface area contributed by atoms with Gasteiger partial charge >= 0.3 is 0 Å². The van der Waals surface area contributed by atoms with Crippen molar-refractivity contribution < 1.29 is 0 Å². The Morgan fingerprint density at radius 2 is 1.69 bits per heavy atom. The Morgan fingerprint density at radius 1 is 1.06 bits per heavy atom. The largest absolute Gasteiger partial charge is 0.319 e. The van der Waals surface area contributed by atoms with E-state index in [0.717, 1.165) is 6.54 Å². The van der Waals surface area contributed by atoms with Crippen LogP contribution in [0.3, 0.4) is 0 Å². The van der Waals surface area contributed by atoms with E-state index in [1.54, 1.807) is 5.56 Å². The van der Waals surface area contributed by atoms with Crippen LogP contribution in [0.1, 0.15) is 41.5 Å². The lowest BCUT2D eigenvalue weighted by atomic mass is 9.63. The standard InChI is InChI=1S/C15H23N/c1-11-8-13(3)14(9-12(11)2)15(10-16-4)6-5-7-15/h8-9,16H,5-7,10H2,1-4H3. The van der Waals surface area contributed by atoms with Crippen LogP contribution in [0.5, 0.6) is 0 Å². The molecule has 1 aliphatic carbocycles. The second-order valence-electron chi connectivity index (χ2n) is 5.42. The van der Waals surface area contributed by atoms with Crippen LogP contribution in [0.2, 0.25) is 0 Å². The average Bonchev–Trinajstić information content (AvgIpc) is 2.18. The average molecular weight is 217 g/mol. The first-order chi connectivity index (χ1) is 7.59. The summed E-state index contributed by atoms with van der Waals surface area (Å²) >= 11 is 0. The van der Waals surface area contributed by atoms with E-state index in [1.165, 1.54) is 36.0 Å². The third-order valence-corrected chi connectivity index (χ3v) is 4.24. The molecule has 1 nitrogen and oxygen atoms in total. The van der Waals surface area contributed by atoms with Gasteiger partial charge in [0.25, 0.3) is 0 Å². The molecule has 0 bridgehead atoms. The van der Waals surface area contributed by atoms with Crippen LogP contribution in [0.15, 0.2) is 12.1 Å². The molecule has 88 valence electrons. The summed E-state index contributed by atoms with van der Waals surface area (Å²) in [5.74, 6) is 0. The molecule has 1 heteroatoms. The molecule has 0 unspecified atom stereocenters. The molecular weight excluding hydrogens is 194 g/mol. The number of hydrogen-bond donors (Lipinski definition) is 1. The van der Waals surface area contributed by atoms with Crippen molar-refractivity contribution in [1.29, 1.82) is 0 Å². The summed E-state index contributed by atoms with van der Waals surface area (Å²) in [5.41, 5.74) is 6.33. The fourth-order valence-corrected chi connectivity index (χ4v) is 3.02. The normalized spacial score (nSPS) is 18.2.